The van der Waals surface area contributed by atoms with Crippen molar-refractivity contribution in [3.05, 3.63) is 29.3 Å². The summed E-state index contributed by atoms with van der Waals surface area (Å²) >= 11 is 0. The largest absolute Gasteiger partial charge is 0.385 e. The summed E-state index contributed by atoms with van der Waals surface area (Å²) in [5, 5.41) is 6.12. The monoisotopic (exact) mass is 264 g/mol. The third-order valence-corrected chi connectivity index (χ3v) is 3.01. The van der Waals surface area contributed by atoms with E-state index in [0.29, 0.717) is 12.1 Å². The molecule has 0 unspecified atom stereocenters. The minimum atomic E-state index is -0.363. The van der Waals surface area contributed by atoms with Gasteiger partial charge in [-0.1, -0.05) is 11.6 Å². The lowest BCUT2D eigenvalue weighted by Gasteiger charge is -2.23. The minimum Gasteiger partial charge on any atom is -0.385 e. The molecule has 19 heavy (non-hydrogen) atoms. The van der Waals surface area contributed by atoms with Crippen molar-refractivity contribution in [1.82, 2.24) is 5.32 Å². The first-order valence-corrected chi connectivity index (χ1v) is 6.57. The van der Waals surface area contributed by atoms with Gasteiger partial charge >= 0.3 is 0 Å². The van der Waals surface area contributed by atoms with Crippen molar-refractivity contribution >= 4 is 11.6 Å². The zero-order chi connectivity index (χ0) is 14.5. The fraction of sp³-hybridized carbons (Fsp3) is 0.533. The Morgan fingerprint density at radius 1 is 1.37 bits per heavy atom. The Labute approximate surface area is 115 Å². The van der Waals surface area contributed by atoms with E-state index in [4.69, 9.17) is 4.74 Å². The molecule has 1 amide bonds. The second-order valence-electron chi connectivity index (χ2n) is 5.23. The second-order valence-corrected chi connectivity index (χ2v) is 5.23. The summed E-state index contributed by atoms with van der Waals surface area (Å²) in [6.07, 6.45) is 0. The number of nitrogens with one attached hydrogen (secondary N) is 2. The van der Waals surface area contributed by atoms with Crippen molar-refractivity contribution in [2.24, 2.45) is 0 Å². The zero-order valence-corrected chi connectivity index (χ0v) is 12.5. The molecule has 4 nitrogen and oxygen atoms in total. The molecule has 1 rings (SSSR count). The summed E-state index contributed by atoms with van der Waals surface area (Å²) in [4.78, 5) is 12.2. The number of benzene rings is 1. The van der Waals surface area contributed by atoms with Gasteiger partial charge in [-0.05, 0) is 39.8 Å². The van der Waals surface area contributed by atoms with Crippen molar-refractivity contribution in [1.29, 1.82) is 0 Å². The lowest BCUT2D eigenvalue weighted by Crippen LogP contribution is -2.39. The topological polar surface area (TPSA) is 50.4 Å². The average Bonchev–Trinajstić information content (AvgIpc) is 2.38. The molecule has 0 heterocycles. The van der Waals surface area contributed by atoms with Crippen LogP contribution in [-0.2, 0) is 4.74 Å². The van der Waals surface area contributed by atoms with E-state index in [1.54, 1.807) is 7.11 Å². The number of ether oxygens (including phenoxy) is 1. The smallest absolute Gasteiger partial charge is 0.253 e. The first-order valence-electron chi connectivity index (χ1n) is 6.57. The first-order chi connectivity index (χ1) is 8.89. The molecule has 0 atom stereocenters. The molecule has 0 spiro atoms. The van der Waals surface area contributed by atoms with Crippen LogP contribution in [0.25, 0.3) is 0 Å². The van der Waals surface area contributed by atoms with Crippen LogP contribution >= 0.6 is 0 Å². The summed E-state index contributed by atoms with van der Waals surface area (Å²) in [7, 11) is 1.64. The van der Waals surface area contributed by atoms with Crippen molar-refractivity contribution in [3.63, 3.8) is 0 Å². The second kappa shape index (κ2) is 6.57. The minimum absolute atomic E-state index is 0.0789. The molecule has 1 aromatic carbocycles. The number of hydrogen-bond donors (Lipinski definition) is 2. The molecule has 4 heteroatoms. The number of aryl methyl sites for hydroxylation is 1. The van der Waals surface area contributed by atoms with Crippen LogP contribution in [0.4, 0.5) is 5.69 Å². The Bertz CT molecular complexity index is 442. The van der Waals surface area contributed by atoms with Crippen LogP contribution in [0.3, 0.4) is 0 Å². The zero-order valence-electron chi connectivity index (χ0n) is 12.5. The predicted octanol–water partition coefficient (Wildman–Crippen LogP) is 2.58. The molecule has 0 fully saturated rings. The van der Waals surface area contributed by atoms with Gasteiger partial charge in [-0.2, -0.15) is 0 Å². The van der Waals surface area contributed by atoms with Gasteiger partial charge in [0.1, 0.15) is 0 Å². The van der Waals surface area contributed by atoms with E-state index in [-0.39, 0.29) is 11.5 Å². The highest BCUT2D eigenvalue weighted by atomic mass is 16.5. The van der Waals surface area contributed by atoms with E-state index in [1.165, 1.54) is 0 Å². The van der Waals surface area contributed by atoms with Gasteiger partial charge in [-0.25, -0.2) is 0 Å². The molecule has 0 aliphatic rings. The van der Waals surface area contributed by atoms with E-state index in [9.17, 15) is 4.79 Å². The highest BCUT2D eigenvalue weighted by Crippen LogP contribution is 2.17. The first kappa shape index (κ1) is 15.5. The molecule has 0 aliphatic carbocycles. The summed E-state index contributed by atoms with van der Waals surface area (Å²) in [5.41, 5.74) is 2.24. The van der Waals surface area contributed by atoms with Crippen molar-refractivity contribution in [3.8, 4) is 0 Å². The Balaban J connectivity index is 2.83. The summed E-state index contributed by atoms with van der Waals surface area (Å²) in [6, 6.07) is 5.83. The molecule has 2 N–H and O–H groups in total. The number of carbonyl (C=O) groups excluding carboxylic acids is 1. The Morgan fingerprint density at radius 3 is 2.63 bits per heavy atom. The lowest BCUT2D eigenvalue weighted by molar-refractivity contribution is 0.0229. The van der Waals surface area contributed by atoms with Crippen LogP contribution in [0.15, 0.2) is 18.2 Å². The van der Waals surface area contributed by atoms with Crippen LogP contribution in [0, 0.1) is 6.92 Å². The number of rotatable bonds is 6. The Hall–Kier alpha value is -1.55. The predicted molar refractivity (Wildman–Crippen MR) is 78.8 cm³/mol. The maximum atomic E-state index is 12.2. The number of hydrogen-bond acceptors (Lipinski definition) is 3. The maximum absolute atomic E-state index is 12.2. The molecular weight excluding hydrogens is 240 g/mol. The molecule has 106 valence electrons. The average molecular weight is 264 g/mol. The van der Waals surface area contributed by atoms with E-state index in [1.807, 2.05) is 45.9 Å². The van der Waals surface area contributed by atoms with E-state index >= 15 is 0 Å². The Kier molecular flexibility index (Phi) is 5.36. The van der Waals surface area contributed by atoms with Gasteiger partial charge < -0.3 is 15.4 Å². The molecule has 0 aromatic heterocycles. The summed E-state index contributed by atoms with van der Waals surface area (Å²) in [5.74, 6) is -0.0789. The molecule has 0 saturated carbocycles. The number of amides is 1. The molecule has 0 aliphatic heterocycles. The number of anilines is 1. The van der Waals surface area contributed by atoms with Crippen molar-refractivity contribution in [2.45, 2.75) is 33.3 Å². The lowest BCUT2D eigenvalue weighted by atomic mass is 10.1. The van der Waals surface area contributed by atoms with Gasteiger partial charge in [0.05, 0.1) is 11.2 Å². The van der Waals surface area contributed by atoms with E-state index < -0.39 is 0 Å². The molecule has 0 saturated heterocycles. The normalized spacial score (nSPS) is 11.2. The fourth-order valence-corrected chi connectivity index (χ4v) is 1.65. The van der Waals surface area contributed by atoms with Gasteiger partial charge in [-0.3, -0.25) is 4.79 Å². The third kappa shape index (κ3) is 4.56. The third-order valence-electron chi connectivity index (χ3n) is 3.01. The summed E-state index contributed by atoms with van der Waals surface area (Å²) in [6.45, 7) is 9.12. The van der Waals surface area contributed by atoms with Crippen LogP contribution in [0.5, 0.6) is 0 Å². The maximum Gasteiger partial charge on any atom is 0.253 e. The van der Waals surface area contributed by atoms with Crippen LogP contribution in [0.1, 0.15) is 36.7 Å². The highest BCUT2D eigenvalue weighted by Gasteiger charge is 2.19. The van der Waals surface area contributed by atoms with Crippen molar-refractivity contribution < 1.29 is 9.53 Å². The van der Waals surface area contributed by atoms with Gasteiger partial charge in [-0.15, -0.1) is 0 Å². The molecule has 0 bridgehead atoms. The number of methoxy groups -OCH3 is 1. The molecule has 1 aromatic rings. The SMILES string of the molecule is CCNc1ccc(C)cc1C(=O)NCC(C)(C)OC. The number of carbonyl (C=O) groups is 1. The highest BCUT2D eigenvalue weighted by molar-refractivity contribution is 5.99. The Morgan fingerprint density at radius 2 is 2.05 bits per heavy atom. The molecular formula is C15H24N2O2. The van der Waals surface area contributed by atoms with Crippen LogP contribution < -0.4 is 10.6 Å². The van der Waals surface area contributed by atoms with Crippen molar-refractivity contribution in [2.75, 3.05) is 25.5 Å². The van der Waals surface area contributed by atoms with E-state index in [0.717, 1.165) is 17.8 Å². The quantitative estimate of drug-likeness (QED) is 0.830. The van der Waals surface area contributed by atoms with Gasteiger partial charge in [0.15, 0.2) is 0 Å². The fourth-order valence-electron chi connectivity index (χ4n) is 1.65. The van der Waals surface area contributed by atoms with Gasteiger partial charge in [0.25, 0.3) is 5.91 Å². The van der Waals surface area contributed by atoms with Gasteiger partial charge in [0.2, 0.25) is 0 Å². The van der Waals surface area contributed by atoms with Crippen LogP contribution in [0.2, 0.25) is 0 Å². The standard InChI is InChI=1S/C15H24N2O2/c1-6-16-13-8-7-11(2)9-12(13)14(18)17-10-15(3,4)19-5/h7-9,16H,6,10H2,1-5H3,(H,17,18). The van der Waals surface area contributed by atoms with Gasteiger partial charge in [0, 0.05) is 25.9 Å². The van der Waals surface area contributed by atoms with Crippen LogP contribution in [-0.4, -0.2) is 31.7 Å². The molecule has 0 radical (unpaired) electrons. The van der Waals surface area contributed by atoms with E-state index in [2.05, 4.69) is 10.6 Å². The summed E-state index contributed by atoms with van der Waals surface area (Å²) < 4.78 is 5.30.